The maximum absolute atomic E-state index is 9.46. The minimum atomic E-state index is -0.697. The summed E-state index contributed by atoms with van der Waals surface area (Å²) in [6.45, 7) is 4.11. The number of nitriles is 1. The predicted molar refractivity (Wildman–Crippen MR) is 47.9 cm³/mol. The van der Waals surface area contributed by atoms with Crippen LogP contribution in [0.3, 0.4) is 0 Å². The zero-order chi connectivity index (χ0) is 9.90. The number of aromatic nitrogens is 2. The first-order valence-corrected chi connectivity index (χ1v) is 4.16. The van der Waals surface area contributed by atoms with Crippen molar-refractivity contribution in [1.29, 1.82) is 5.26 Å². The highest BCUT2D eigenvalue weighted by atomic mass is 16.3. The smallest absolute Gasteiger partial charge is 0.212 e. The van der Waals surface area contributed by atoms with Crippen LogP contribution in [0.4, 0.5) is 0 Å². The van der Waals surface area contributed by atoms with Crippen molar-refractivity contribution >= 4 is 0 Å². The Kier molecular flexibility index (Phi) is 2.69. The molecule has 0 bridgehead atoms. The predicted octanol–water partition coefficient (Wildman–Crippen LogP) is 0.916. The Balaban J connectivity index is 2.61. The number of imidazole rings is 1. The summed E-state index contributed by atoms with van der Waals surface area (Å²) >= 11 is 0. The Hall–Kier alpha value is -1.34. The van der Waals surface area contributed by atoms with Gasteiger partial charge in [-0.3, -0.25) is 0 Å². The number of aliphatic hydroxyl groups is 1. The second-order valence-corrected chi connectivity index (χ2v) is 3.62. The summed E-state index contributed by atoms with van der Waals surface area (Å²) in [5.41, 5.74) is -0.697. The van der Waals surface area contributed by atoms with E-state index in [-0.39, 0.29) is 0 Å². The van der Waals surface area contributed by atoms with E-state index in [0.717, 1.165) is 0 Å². The van der Waals surface area contributed by atoms with E-state index in [0.29, 0.717) is 18.8 Å². The average Bonchev–Trinajstić information content (AvgIpc) is 2.46. The van der Waals surface area contributed by atoms with Gasteiger partial charge in [0.25, 0.3) is 0 Å². The van der Waals surface area contributed by atoms with Gasteiger partial charge in [-0.2, -0.15) is 5.26 Å². The monoisotopic (exact) mass is 179 g/mol. The van der Waals surface area contributed by atoms with Gasteiger partial charge in [0.15, 0.2) is 0 Å². The average molecular weight is 179 g/mol. The van der Waals surface area contributed by atoms with Crippen LogP contribution in [0, 0.1) is 11.3 Å². The molecule has 0 spiro atoms. The molecule has 1 heterocycles. The first-order chi connectivity index (χ1) is 6.03. The molecule has 1 aromatic rings. The summed E-state index contributed by atoms with van der Waals surface area (Å²) in [5.74, 6) is 0.393. The molecule has 0 radical (unpaired) electrons. The van der Waals surface area contributed by atoms with E-state index in [9.17, 15) is 5.11 Å². The van der Waals surface area contributed by atoms with Crippen LogP contribution in [0.2, 0.25) is 0 Å². The van der Waals surface area contributed by atoms with E-state index in [2.05, 4.69) is 4.98 Å². The molecule has 0 fully saturated rings. The summed E-state index contributed by atoms with van der Waals surface area (Å²) in [6, 6.07) is 1.98. The molecule has 13 heavy (non-hydrogen) atoms. The summed E-state index contributed by atoms with van der Waals surface area (Å²) in [4.78, 5) is 3.86. The molecule has 0 aliphatic rings. The topological polar surface area (TPSA) is 61.8 Å². The lowest BCUT2D eigenvalue weighted by Crippen LogP contribution is -2.21. The Bertz CT molecular complexity index is 316. The molecule has 70 valence electrons. The molecule has 0 aromatic carbocycles. The van der Waals surface area contributed by atoms with Crippen LogP contribution in [-0.4, -0.2) is 20.3 Å². The highest BCUT2D eigenvalue weighted by molar-refractivity contribution is 5.10. The number of hydrogen-bond acceptors (Lipinski definition) is 3. The lowest BCUT2D eigenvalue weighted by Gasteiger charge is -2.16. The Labute approximate surface area is 77.4 Å². The number of rotatable bonds is 3. The van der Waals surface area contributed by atoms with E-state index >= 15 is 0 Å². The van der Waals surface area contributed by atoms with E-state index in [4.69, 9.17) is 5.26 Å². The summed E-state index contributed by atoms with van der Waals surface area (Å²) in [7, 11) is 0. The third-order valence-corrected chi connectivity index (χ3v) is 1.78. The summed E-state index contributed by atoms with van der Waals surface area (Å²) in [5, 5.41) is 18.1. The van der Waals surface area contributed by atoms with Crippen LogP contribution in [0.5, 0.6) is 0 Å². The molecular formula is C9H13N3O. The van der Waals surface area contributed by atoms with Crippen molar-refractivity contribution in [3.8, 4) is 6.07 Å². The molecule has 4 heteroatoms. The number of aryl methyl sites for hydroxylation is 1. The van der Waals surface area contributed by atoms with Gasteiger partial charge in [0.05, 0.1) is 5.60 Å². The van der Waals surface area contributed by atoms with Crippen molar-refractivity contribution in [3.63, 3.8) is 0 Å². The third kappa shape index (κ3) is 2.88. The normalized spacial score (nSPS) is 11.2. The molecule has 0 aliphatic heterocycles. The van der Waals surface area contributed by atoms with E-state index < -0.39 is 5.60 Å². The molecule has 0 atom stereocenters. The van der Waals surface area contributed by atoms with Gasteiger partial charge < -0.3 is 9.67 Å². The molecule has 0 aliphatic carbocycles. The second kappa shape index (κ2) is 3.58. The largest absolute Gasteiger partial charge is 0.390 e. The minimum Gasteiger partial charge on any atom is -0.390 e. The standard InChI is InChI=1S/C9H13N3O/c1-9(2,13)3-5-12-6-4-11-8(12)7-10/h4,6,13H,3,5H2,1-2H3. The molecule has 0 saturated carbocycles. The number of hydrogen-bond donors (Lipinski definition) is 1. The molecule has 0 saturated heterocycles. The lowest BCUT2D eigenvalue weighted by molar-refractivity contribution is 0.0661. The highest BCUT2D eigenvalue weighted by Gasteiger charge is 2.12. The van der Waals surface area contributed by atoms with Crippen LogP contribution >= 0.6 is 0 Å². The Morgan fingerprint density at radius 1 is 1.69 bits per heavy atom. The lowest BCUT2D eigenvalue weighted by atomic mass is 10.1. The van der Waals surface area contributed by atoms with Crippen LogP contribution in [0.15, 0.2) is 12.4 Å². The summed E-state index contributed by atoms with van der Waals surface area (Å²) in [6.07, 6.45) is 3.94. The van der Waals surface area contributed by atoms with Crippen molar-refractivity contribution in [1.82, 2.24) is 9.55 Å². The van der Waals surface area contributed by atoms with Crippen LogP contribution in [-0.2, 0) is 6.54 Å². The minimum absolute atomic E-state index is 0.393. The highest BCUT2D eigenvalue weighted by Crippen LogP contribution is 2.09. The van der Waals surface area contributed by atoms with Gasteiger partial charge in [-0.05, 0) is 20.3 Å². The van der Waals surface area contributed by atoms with Crippen molar-refractivity contribution in [2.45, 2.75) is 32.4 Å². The van der Waals surface area contributed by atoms with Crippen LogP contribution in [0.25, 0.3) is 0 Å². The molecule has 0 unspecified atom stereocenters. The van der Waals surface area contributed by atoms with Gasteiger partial charge >= 0.3 is 0 Å². The first-order valence-electron chi connectivity index (χ1n) is 4.16. The van der Waals surface area contributed by atoms with Gasteiger partial charge in [-0.1, -0.05) is 0 Å². The zero-order valence-electron chi connectivity index (χ0n) is 7.86. The van der Waals surface area contributed by atoms with Crippen molar-refractivity contribution < 1.29 is 5.11 Å². The molecule has 1 N–H and O–H groups in total. The fourth-order valence-corrected chi connectivity index (χ4v) is 0.997. The quantitative estimate of drug-likeness (QED) is 0.750. The van der Waals surface area contributed by atoms with Gasteiger partial charge in [0.1, 0.15) is 6.07 Å². The van der Waals surface area contributed by atoms with E-state index in [1.165, 1.54) is 0 Å². The van der Waals surface area contributed by atoms with E-state index in [1.807, 2.05) is 6.07 Å². The molecular weight excluding hydrogens is 166 g/mol. The van der Waals surface area contributed by atoms with Crippen molar-refractivity contribution in [2.75, 3.05) is 0 Å². The van der Waals surface area contributed by atoms with Crippen LogP contribution < -0.4 is 0 Å². The van der Waals surface area contributed by atoms with Crippen molar-refractivity contribution in [2.24, 2.45) is 0 Å². The molecule has 0 amide bonds. The Morgan fingerprint density at radius 2 is 2.38 bits per heavy atom. The summed E-state index contributed by atoms with van der Waals surface area (Å²) < 4.78 is 1.73. The Morgan fingerprint density at radius 3 is 2.92 bits per heavy atom. The molecule has 4 nitrogen and oxygen atoms in total. The molecule has 1 aromatic heterocycles. The number of nitrogens with zero attached hydrogens (tertiary/aromatic N) is 3. The van der Waals surface area contributed by atoms with Gasteiger partial charge in [-0.15, -0.1) is 0 Å². The van der Waals surface area contributed by atoms with E-state index in [1.54, 1.807) is 30.8 Å². The fraction of sp³-hybridized carbons (Fsp3) is 0.556. The zero-order valence-corrected chi connectivity index (χ0v) is 7.86. The second-order valence-electron chi connectivity index (χ2n) is 3.62. The first kappa shape index (κ1) is 9.75. The van der Waals surface area contributed by atoms with Crippen molar-refractivity contribution in [3.05, 3.63) is 18.2 Å². The maximum atomic E-state index is 9.46. The maximum Gasteiger partial charge on any atom is 0.212 e. The van der Waals surface area contributed by atoms with Gasteiger partial charge in [-0.25, -0.2) is 4.98 Å². The fourth-order valence-electron chi connectivity index (χ4n) is 0.997. The van der Waals surface area contributed by atoms with Gasteiger partial charge in [0, 0.05) is 18.9 Å². The van der Waals surface area contributed by atoms with Crippen LogP contribution in [0.1, 0.15) is 26.1 Å². The van der Waals surface area contributed by atoms with Gasteiger partial charge in [0.2, 0.25) is 5.82 Å². The molecule has 1 rings (SSSR count). The third-order valence-electron chi connectivity index (χ3n) is 1.78. The SMILES string of the molecule is CC(C)(O)CCn1ccnc1C#N.